The van der Waals surface area contributed by atoms with Crippen LogP contribution in [0.2, 0.25) is 0 Å². The van der Waals surface area contributed by atoms with Gasteiger partial charge < -0.3 is 20.0 Å². The topological polar surface area (TPSA) is 74.6 Å². The Bertz CT molecular complexity index is 670. The van der Waals surface area contributed by atoms with Crippen LogP contribution in [-0.4, -0.2) is 36.0 Å². The summed E-state index contributed by atoms with van der Waals surface area (Å²) in [5.41, 5.74) is 1.01. The first-order valence-corrected chi connectivity index (χ1v) is 8.09. The average molecular weight is 327 g/mol. The Morgan fingerprint density at radius 2 is 2.00 bits per heavy atom. The first-order valence-electron chi connectivity index (χ1n) is 8.09. The molecule has 1 atom stereocenters. The van der Waals surface area contributed by atoms with Gasteiger partial charge in [-0.25, -0.2) is 4.79 Å². The van der Waals surface area contributed by atoms with Crippen LogP contribution in [-0.2, 0) is 17.8 Å². The van der Waals surface area contributed by atoms with Gasteiger partial charge in [0.25, 0.3) is 0 Å². The Hall–Kier alpha value is -2.76. The van der Waals surface area contributed by atoms with E-state index < -0.39 is 0 Å². The maximum atomic E-state index is 12.3. The van der Waals surface area contributed by atoms with Gasteiger partial charge in [-0.15, -0.1) is 0 Å². The third-order valence-electron chi connectivity index (χ3n) is 4.08. The molecule has 1 aromatic heterocycles. The summed E-state index contributed by atoms with van der Waals surface area (Å²) in [4.78, 5) is 26.0. The van der Waals surface area contributed by atoms with Gasteiger partial charge in [0.05, 0.1) is 19.2 Å². The molecular formula is C18H21N3O3. The number of nitrogens with one attached hydrogen (secondary N) is 2. The van der Waals surface area contributed by atoms with Crippen LogP contribution in [0.4, 0.5) is 4.79 Å². The molecule has 0 unspecified atom stereocenters. The van der Waals surface area contributed by atoms with Crippen molar-refractivity contribution in [1.29, 1.82) is 0 Å². The van der Waals surface area contributed by atoms with Crippen molar-refractivity contribution in [1.82, 2.24) is 15.5 Å². The van der Waals surface area contributed by atoms with E-state index in [4.69, 9.17) is 4.42 Å². The molecule has 2 aromatic rings. The average Bonchev–Trinajstić information content (AvgIpc) is 3.25. The summed E-state index contributed by atoms with van der Waals surface area (Å²) >= 11 is 0. The van der Waals surface area contributed by atoms with Gasteiger partial charge >= 0.3 is 6.03 Å². The summed E-state index contributed by atoms with van der Waals surface area (Å²) in [5, 5.41) is 5.65. The van der Waals surface area contributed by atoms with E-state index in [-0.39, 0.29) is 18.0 Å². The number of hydrogen-bond donors (Lipinski definition) is 2. The van der Waals surface area contributed by atoms with Gasteiger partial charge in [-0.05, 0) is 24.1 Å². The molecule has 0 bridgehead atoms. The molecule has 6 nitrogen and oxygen atoms in total. The van der Waals surface area contributed by atoms with Crippen LogP contribution in [0, 0.1) is 0 Å². The lowest BCUT2D eigenvalue weighted by molar-refractivity contribution is -0.129. The summed E-state index contributed by atoms with van der Waals surface area (Å²) in [6, 6.07) is 13.0. The lowest BCUT2D eigenvalue weighted by Crippen LogP contribution is -2.43. The summed E-state index contributed by atoms with van der Waals surface area (Å²) in [6.07, 6.45) is 2.75. The SMILES string of the molecule is O=C(NCc1ccco1)N[C@@H]1CCN(C(=O)Cc2ccccc2)C1. The zero-order chi connectivity index (χ0) is 16.8. The fourth-order valence-corrected chi connectivity index (χ4v) is 2.80. The standard InChI is InChI=1S/C18H21N3O3/c22-17(11-14-5-2-1-3-6-14)21-9-8-15(13-21)20-18(23)19-12-16-7-4-10-24-16/h1-7,10,15H,8-9,11-13H2,(H2,19,20,23)/t15-/m1/s1. The molecule has 2 heterocycles. The van der Waals surface area contributed by atoms with Crippen LogP contribution in [0.15, 0.2) is 53.1 Å². The second kappa shape index (κ2) is 7.68. The van der Waals surface area contributed by atoms with E-state index in [2.05, 4.69) is 10.6 Å². The summed E-state index contributed by atoms with van der Waals surface area (Å²) < 4.78 is 5.16. The van der Waals surface area contributed by atoms with E-state index in [0.717, 1.165) is 12.0 Å². The molecule has 3 rings (SSSR count). The molecule has 0 saturated carbocycles. The predicted octanol–water partition coefficient (Wildman–Crippen LogP) is 1.92. The third kappa shape index (κ3) is 4.38. The molecule has 0 spiro atoms. The van der Waals surface area contributed by atoms with Gasteiger partial charge in [0, 0.05) is 19.1 Å². The number of rotatable bonds is 5. The molecule has 24 heavy (non-hydrogen) atoms. The van der Waals surface area contributed by atoms with Gasteiger partial charge in [-0.2, -0.15) is 0 Å². The molecule has 1 saturated heterocycles. The van der Waals surface area contributed by atoms with Crippen molar-refractivity contribution in [2.24, 2.45) is 0 Å². The number of hydrogen-bond acceptors (Lipinski definition) is 3. The van der Waals surface area contributed by atoms with E-state index in [1.165, 1.54) is 0 Å². The molecule has 1 aliphatic heterocycles. The van der Waals surface area contributed by atoms with E-state index >= 15 is 0 Å². The van der Waals surface area contributed by atoms with Crippen molar-refractivity contribution >= 4 is 11.9 Å². The van der Waals surface area contributed by atoms with E-state index in [1.54, 1.807) is 18.4 Å². The Morgan fingerprint density at radius 3 is 2.75 bits per heavy atom. The monoisotopic (exact) mass is 327 g/mol. The highest BCUT2D eigenvalue weighted by atomic mass is 16.3. The molecule has 1 aromatic carbocycles. The lowest BCUT2D eigenvalue weighted by Gasteiger charge is -2.17. The highest BCUT2D eigenvalue weighted by Gasteiger charge is 2.27. The van der Waals surface area contributed by atoms with Crippen LogP contribution in [0.5, 0.6) is 0 Å². The number of furan rings is 1. The minimum absolute atomic E-state index is 0.0127. The first-order chi connectivity index (χ1) is 11.7. The number of amides is 3. The Balaban J connectivity index is 1.41. The summed E-state index contributed by atoms with van der Waals surface area (Å²) in [7, 11) is 0. The molecule has 1 fully saturated rings. The Labute approximate surface area is 140 Å². The summed E-state index contributed by atoms with van der Waals surface area (Å²) in [6.45, 7) is 1.58. The zero-order valence-corrected chi connectivity index (χ0v) is 13.4. The Kier molecular flexibility index (Phi) is 5.15. The number of likely N-dealkylation sites (tertiary alicyclic amines) is 1. The van der Waals surface area contributed by atoms with Crippen LogP contribution in [0.1, 0.15) is 17.7 Å². The Morgan fingerprint density at radius 1 is 1.17 bits per heavy atom. The normalized spacial score (nSPS) is 16.8. The number of urea groups is 1. The van der Waals surface area contributed by atoms with Crippen molar-refractivity contribution in [3.8, 4) is 0 Å². The number of nitrogens with zero attached hydrogens (tertiary/aromatic N) is 1. The van der Waals surface area contributed by atoms with Crippen LogP contribution in [0.25, 0.3) is 0 Å². The van der Waals surface area contributed by atoms with E-state index in [0.29, 0.717) is 31.8 Å². The van der Waals surface area contributed by atoms with Crippen molar-refractivity contribution in [2.45, 2.75) is 25.4 Å². The molecule has 0 aliphatic carbocycles. The van der Waals surface area contributed by atoms with Crippen molar-refractivity contribution < 1.29 is 14.0 Å². The molecule has 0 radical (unpaired) electrons. The second-order valence-electron chi connectivity index (χ2n) is 5.89. The predicted molar refractivity (Wildman–Crippen MR) is 89.2 cm³/mol. The van der Waals surface area contributed by atoms with Gasteiger partial charge in [-0.3, -0.25) is 4.79 Å². The molecule has 126 valence electrons. The minimum Gasteiger partial charge on any atom is -0.467 e. The maximum absolute atomic E-state index is 12.3. The van der Waals surface area contributed by atoms with E-state index in [1.807, 2.05) is 35.2 Å². The second-order valence-corrected chi connectivity index (χ2v) is 5.89. The zero-order valence-electron chi connectivity index (χ0n) is 13.4. The molecule has 2 N–H and O–H groups in total. The fraction of sp³-hybridized carbons (Fsp3) is 0.333. The third-order valence-corrected chi connectivity index (χ3v) is 4.08. The van der Waals surface area contributed by atoms with Crippen LogP contribution >= 0.6 is 0 Å². The number of carbonyl (C=O) groups is 2. The number of carbonyl (C=O) groups excluding carboxylic acids is 2. The highest BCUT2D eigenvalue weighted by Crippen LogP contribution is 2.12. The summed E-state index contributed by atoms with van der Waals surface area (Å²) in [5.74, 6) is 0.803. The molecule has 3 amide bonds. The minimum atomic E-state index is -0.242. The van der Waals surface area contributed by atoms with Gasteiger partial charge in [0.15, 0.2) is 0 Å². The van der Waals surface area contributed by atoms with Gasteiger partial charge in [0.1, 0.15) is 5.76 Å². The van der Waals surface area contributed by atoms with Crippen molar-refractivity contribution in [3.05, 3.63) is 60.1 Å². The van der Waals surface area contributed by atoms with Gasteiger partial charge in [-0.1, -0.05) is 30.3 Å². The molecule has 1 aliphatic rings. The first kappa shape index (κ1) is 16.1. The van der Waals surface area contributed by atoms with Crippen molar-refractivity contribution in [2.75, 3.05) is 13.1 Å². The van der Waals surface area contributed by atoms with Crippen molar-refractivity contribution in [3.63, 3.8) is 0 Å². The highest BCUT2D eigenvalue weighted by molar-refractivity contribution is 5.79. The quantitative estimate of drug-likeness (QED) is 0.881. The van der Waals surface area contributed by atoms with Crippen LogP contribution in [0.3, 0.4) is 0 Å². The van der Waals surface area contributed by atoms with Crippen LogP contribution < -0.4 is 10.6 Å². The number of benzene rings is 1. The van der Waals surface area contributed by atoms with Gasteiger partial charge in [0.2, 0.25) is 5.91 Å². The fourth-order valence-electron chi connectivity index (χ4n) is 2.80. The molecular weight excluding hydrogens is 306 g/mol. The smallest absolute Gasteiger partial charge is 0.315 e. The lowest BCUT2D eigenvalue weighted by atomic mass is 10.1. The largest absolute Gasteiger partial charge is 0.467 e. The molecule has 6 heteroatoms. The maximum Gasteiger partial charge on any atom is 0.315 e. The van der Waals surface area contributed by atoms with E-state index in [9.17, 15) is 9.59 Å².